The monoisotopic (exact) mass is 492 g/mol. The Hall–Kier alpha value is -3.22. The number of ether oxygens (including phenoxy) is 2. The number of nitrogens with one attached hydrogen (secondary N) is 1. The van der Waals surface area contributed by atoms with Crippen LogP contribution in [0.4, 0.5) is 9.18 Å². The second kappa shape index (κ2) is 10.4. The number of hydrogen-bond donors (Lipinski definition) is 1. The van der Waals surface area contributed by atoms with Crippen LogP contribution in [-0.2, 0) is 14.3 Å². The lowest BCUT2D eigenvalue weighted by molar-refractivity contribution is -0.144. The summed E-state index contributed by atoms with van der Waals surface area (Å²) in [6.07, 6.45) is 9.07. The molecule has 3 aliphatic rings. The van der Waals surface area contributed by atoms with E-state index in [0.29, 0.717) is 18.4 Å². The number of esters is 1. The fraction of sp³-hybridized carbons (Fsp3) is 0.483. The lowest BCUT2D eigenvalue weighted by Crippen LogP contribution is -2.48. The minimum atomic E-state index is -0.368. The molecule has 0 spiro atoms. The van der Waals surface area contributed by atoms with Crippen molar-refractivity contribution >= 4 is 18.1 Å². The normalized spacial score (nSPS) is 31.4. The molecule has 1 saturated heterocycles. The third-order valence-electron chi connectivity index (χ3n) is 8.18. The smallest absolute Gasteiger partial charge is 0.407 e. The first-order chi connectivity index (χ1) is 17.4. The van der Waals surface area contributed by atoms with Crippen LogP contribution in [-0.4, -0.2) is 35.8 Å². The van der Waals surface area contributed by atoms with E-state index in [1.807, 2.05) is 31.2 Å². The molecule has 7 heteroatoms. The number of halogens is 1. The van der Waals surface area contributed by atoms with Gasteiger partial charge in [-0.25, -0.2) is 9.18 Å². The molecule has 2 saturated carbocycles. The molecule has 1 aromatic heterocycles. The first-order valence-electron chi connectivity index (χ1n) is 13.0. The van der Waals surface area contributed by atoms with E-state index in [4.69, 9.17) is 9.47 Å². The van der Waals surface area contributed by atoms with Crippen LogP contribution in [0.25, 0.3) is 17.2 Å². The van der Waals surface area contributed by atoms with Crippen molar-refractivity contribution in [3.05, 3.63) is 60.2 Å². The third kappa shape index (κ3) is 5.01. The highest BCUT2D eigenvalue weighted by molar-refractivity contribution is 5.75. The van der Waals surface area contributed by atoms with Crippen LogP contribution in [0.2, 0.25) is 0 Å². The minimum absolute atomic E-state index is 0.0679. The van der Waals surface area contributed by atoms with E-state index in [0.717, 1.165) is 42.5 Å². The predicted molar refractivity (Wildman–Crippen MR) is 134 cm³/mol. The highest BCUT2D eigenvalue weighted by Crippen LogP contribution is 2.53. The lowest BCUT2D eigenvalue weighted by Gasteiger charge is -2.47. The Morgan fingerprint density at radius 3 is 2.83 bits per heavy atom. The van der Waals surface area contributed by atoms with Crippen molar-refractivity contribution in [2.75, 3.05) is 6.61 Å². The molecular formula is C29H33FN2O4. The number of nitrogens with zero attached hydrogens (tertiary/aromatic N) is 1. The van der Waals surface area contributed by atoms with Gasteiger partial charge in [-0.05, 0) is 87.1 Å². The average Bonchev–Trinajstić information content (AvgIpc) is 3.15. The number of fused-ring (bicyclic) bond motifs is 2. The van der Waals surface area contributed by atoms with E-state index in [-0.39, 0.29) is 47.8 Å². The highest BCUT2D eigenvalue weighted by atomic mass is 19.1. The summed E-state index contributed by atoms with van der Waals surface area (Å²) in [5.41, 5.74) is 2.48. The van der Waals surface area contributed by atoms with Gasteiger partial charge in [-0.1, -0.05) is 24.3 Å². The van der Waals surface area contributed by atoms with Crippen molar-refractivity contribution in [3.63, 3.8) is 0 Å². The van der Waals surface area contributed by atoms with E-state index in [9.17, 15) is 14.0 Å². The summed E-state index contributed by atoms with van der Waals surface area (Å²) in [6.45, 7) is 4.15. The standard InChI is InChI=1S/C29H33FN2O4/c1-3-35-29(34)32-23-10-11-24-20(14-23)15-26-27(17(2)36-28(26)33)25(24)12-9-22-8-7-19(16-31-22)18-5-4-6-21(30)13-18/h4-9,12-13,16-17,20,23-27H,3,10-11,14-15H2,1-2H3,(H,32,34)/b12-9+/t17-,20-,23+,24+,25-,26+,27-/m1/s1. The number of aromatic nitrogens is 1. The van der Waals surface area contributed by atoms with Gasteiger partial charge in [-0.2, -0.15) is 0 Å². The Morgan fingerprint density at radius 1 is 1.22 bits per heavy atom. The number of carbonyl (C=O) groups is 2. The molecule has 1 aromatic carbocycles. The summed E-state index contributed by atoms with van der Waals surface area (Å²) >= 11 is 0. The minimum Gasteiger partial charge on any atom is -0.462 e. The Labute approximate surface area is 211 Å². The van der Waals surface area contributed by atoms with Gasteiger partial charge in [0.1, 0.15) is 11.9 Å². The maximum absolute atomic E-state index is 13.6. The van der Waals surface area contributed by atoms with Gasteiger partial charge in [-0.15, -0.1) is 0 Å². The van der Waals surface area contributed by atoms with Crippen LogP contribution >= 0.6 is 0 Å². The number of cyclic esters (lactones) is 1. The van der Waals surface area contributed by atoms with E-state index in [1.165, 1.54) is 12.1 Å². The zero-order valence-electron chi connectivity index (χ0n) is 20.7. The number of benzene rings is 1. The average molecular weight is 493 g/mol. The quantitative estimate of drug-likeness (QED) is 0.548. The molecule has 36 heavy (non-hydrogen) atoms. The van der Waals surface area contributed by atoms with Gasteiger partial charge in [0.15, 0.2) is 0 Å². The topological polar surface area (TPSA) is 77.5 Å². The molecule has 6 nitrogen and oxygen atoms in total. The van der Waals surface area contributed by atoms with Crippen molar-refractivity contribution in [2.45, 2.75) is 51.7 Å². The van der Waals surface area contributed by atoms with Crippen molar-refractivity contribution < 1.29 is 23.5 Å². The maximum Gasteiger partial charge on any atom is 0.407 e. The van der Waals surface area contributed by atoms with Crippen LogP contribution in [0, 0.1) is 35.4 Å². The zero-order chi connectivity index (χ0) is 25.2. The number of allylic oxidation sites excluding steroid dienone is 1. The molecule has 3 fully saturated rings. The Balaban J connectivity index is 1.34. The lowest BCUT2D eigenvalue weighted by atomic mass is 9.57. The number of rotatable bonds is 5. The van der Waals surface area contributed by atoms with Gasteiger partial charge in [0.25, 0.3) is 0 Å². The van der Waals surface area contributed by atoms with Crippen LogP contribution < -0.4 is 5.32 Å². The predicted octanol–water partition coefficient (Wildman–Crippen LogP) is 5.63. The Morgan fingerprint density at radius 2 is 2.08 bits per heavy atom. The van der Waals surface area contributed by atoms with Gasteiger partial charge in [0.2, 0.25) is 0 Å². The molecule has 1 amide bonds. The SMILES string of the molecule is CCOC(=O)N[C@H]1CC[C@H]2[C@H](C1)C[C@@H]1C(=O)O[C@H](C)[C@@H]1[C@@H]2/C=C/c1ccc(-c2cccc(F)c2)cn1. The number of pyridine rings is 1. The van der Waals surface area contributed by atoms with Gasteiger partial charge in [0, 0.05) is 23.7 Å². The molecule has 0 unspecified atom stereocenters. The molecule has 2 aliphatic carbocycles. The van der Waals surface area contributed by atoms with E-state index in [1.54, 1.807) is 19.2 Å². The van der Waals surface area contributed by atoms with Crippen LogP contribution in [0.3, 0.4) is 0 Å². The summed E-state index contributed by atoms with van der Waals surface area (Å²) in [5.74, 6) is 0.629. The van der Waals surface area contributed by atoms with E-state index in [2.05, 4.69) is 16.4 Å². The van der Waals surface area contributed by atoms with Gasteiger partial charge in [0.05, 0.1) is 18.2 Å². The number of amides is 1. The highest BCUT2D eigenvalue weighted by Gasteiger charge is 2.54. The van der Waals surface area contributed by atoms with E-state index < -0.39 is 0 Å². The Kier molecular flexibility index (Phi) is 7.08. The second-order valence-electron chi connectivity index (χ2n) is 10.3. The largest absolute Gasteiger partial charge is 0.462 e. The first-order valence-corrected chi connectivity index (χ1v) is 13.0. The summed E-state index contributed by atoms with van der Waals surface area (Å²) in [5, 5.41) is 3.00. The Bertz CT molecular complexity index is 1130. The molecular weight excluding hydrogens is 459 g/mol. The molecule has 7 atom stereocenters. The van der Waals surface area contributed by atoms with Crippen molar-refractivity contribution in [1.29, 1.82) is 0 Å². The number of alkyl carbamates (subject to hydrolysis) is 1. The second-order valence-corrected chi connectivity index (χ2v) is 10.3. The molecule has 190 valence electrons. The van der Waals surface area contributed by atoms with Crippen molar-refractivity contribution in [3.8, 4) is 11.1 Å². The van der Waals surface area contributed by atoms with Crippen LogP contribution in [0.1, 0.15) is 45.2 Å². The van der Waals surface area contributed by atoms with Crippen molar-refractivity contribution in [1.82, 2.24) is 10.3 Å². The molecule has 0 radical (unpaired) electrons. The van der Waals surface area contributed by atoms with Gasteiger partial charge in [-0.3, -0.25) is 9.78 Å². The molecule has 2 heterocycles. The summed E-state index contributed by atoms with van der Waals surface area (Å²) in [7, 11) is 0. The van der Waals surface area contributed by atoms with Crippen LogP contribution in [0.15, 0.2) is 48.7 Å². The molecule has 0 bridgehead atoms. The fourth-order valence-electron chi connectivity index (χ4n) is 6.64. The zero-order valence-corrected chi connectivity index (χ0v) is 20.7. The van der Waals surface area contributed by atoms with Crippen molar-refractivity contribution in [2.24, 2.45) is 29.6 Å². The molecule has 1 N–H and O–H groups in total. The molecule has 1 aliphatic heterocycles. The summed E-state index contributed by atoms with van der Waals surface area (Å²) in [4.78, 5) is 29.2. The van der Waals surface area contributed by atoms with Gasteiger partial charge < -0.3 is 14.8 Å². The summed E-state index contributed by atoms with van der Waals surface area (Å²) < 4.78 is 24.3. The number of carbonyl (C=O) groups excluding carboxylic acids is 2. The molecule has 5 rings (SSSR count). The maximum atomic E-state index is 13.6. The van der Waals surface area contributed by atoms with E-state index >= 15 is 0 Å². The fourth-order valence-corrected chi connectivity index (χ4v) is 6.64. The van der Waals surface area contributed by atoms with Gasteiger partial charge >= 0.3 is 12.1 Å². The summed E-state index contributed by atoms with van der Waals surface area (Å²) in [6, 6.07) is 10.4. The van der Waals surface area contributed by atoms with Crippen LogP contribution in [0.5, 0.6) is 0 Å². The first kappa shape index (κ1) is 24.5. The molecule has 2 aromatic rings. The number of hydrogen-bond acceptors (Lipinski definition) is 5. The third-order valence-corrected chi connectivity index (χ3v) is 8.18.